The van der Waals surface area contributed by atoms with E-state index in [1.807, 2.05) is 0 Å². The highest BCUT2D eigenvalue weighted by Crippen LogP contribution is 2.37. The minimum atomic E-state index is -0.704. The fourth-order valence-electron chi connectivity index (χ4n) is 3.20. The number of hydrogen-bond donors (Lipinski definition) is 2. The zero-order valence-corrected chi connectivity index (χ0v) is 13.2. The molecule has 8 nitrogen and oxygen atoms in total. The minimum Gasteiger partial charge on any atom is -0.502 e. The number of ether oxygens (including phenoxy) is 2. The van der Waals surface area contributed by atoms with Gasteiger partial charge in [0.2, 0.25) is 0 Å². The van der Waals surface area contributed by atoms with Crippen LogP contribution < -0.4 is 5.32 Å². The van der Waals surface area contributed by atoms with Gasteiger partial charge in [0.15, 0.2) is 11.5 Å². The number of carbonyl (C=O) groups is 1. The molecule has 3 rings (SSSR count). The molecule has 0 radical (unpaired) electrons. The lowest BCUT2D eigenvalue weighted by atomic mass is 9.94. The normalized spacial score (nSPS) is 22.4. The first kappa shape index (κ1) is 16.7. The van der Waals surface area contributed by atoms with Crippen LogP contribution in [0.4, 0.5) is 5.69 Å². The van der Waals surface area contributed by atoms with E-state index in [1.165, 1.54) is 12.5 Å². The van der Waals surface area contributed by atoms with Crippen LogP contribution in [-0.4, -0.2) is 41.0 Å². The number of nitro groups is 1. The average Bonchev–Trinajstić information content (AvgIpc) is 2.95. The van der Waals surface area contributed by atoms with E-state index in [0.29, 0.717) is 13.2 Å². The highest BCUT2D eigenvalue weighted by atomic mass is 16.7. The molecule has 1 aliphatic heterocycles. The summed E-state index contributed by atoms with van der Waals surface area (Å²) in [5, 5.41) is 23.0. The topological polar surface area (TPSA) is 111 Å². The van der Waals surface area contributed by atoms with Gasteiger partial charge in [0.05, 0.1) is 11.5 Å². The molecule has 8 heteroatoms. The molecule has 1 saturated carbocycles. The molecule has 1 spiro atoms. The maximum Gasteiger partial charge on any atom is 0.310 e. The lowest BCUT2D eigenvalue weighted by molar-refractivity contribution is -0.385. The molecular weight excluding hydrogens is 316 g/mol. The number of benzene rings is 1. The smallest absolute Gasteiger partial charge is 0.310 e. The van der Waals surface area contributed by atoms with Crippen molar-refractivity contribution in [2.45, 2.75) is 44.0 Å². The Morgan fingerprint density at radius 2 is 2.12 bits per heavy atom. The number of rotatable bonds is 4. The fourth-order valence-corrected chi connectivity index (χ4v) is 3.20. The number of phenolic OH excluding ortho intramolecular Hbond substituents is 1. The molecule has 2 N–H and O–H groups in total. The second-order valence-electron chi connectivity index (χ2n) is 6.19. The molecule has 24 heavy (non-hydrogen) atoms. The van der Waals surface area contributed by atoms with Crippen LogP contribution >= 0.6 is 0 Å². The van der Waals surface area contributed by atoms with Crippen LogP contribution in [0.15, 0.2) is 18.2 Å². The summed E-state index contributed by atoms with van der Waals surface area (Å²) in [6.07, 6.45) is 4.92. The van der Waals surface area contributed by atoms with Gasteiger partial charge in [-0.3, -0.25) is 14.9 Å². The summed E-state index contributed by atoms with van der Waals surface area (Å²) in [6.45, 7) is 0.726. The highest BCUT2D eigenvalue weighted by molar-refractivity contribution is 5.95. The van der Waals surface area contributed by atoms with Gasteiger partial charge in [0.25, 0.3) is 5.91 Å². The van der Waals surface area contributed by atoms with E-state index >= 15 is 0 Å². The fraction of sp³-hybridized carbons (Fsp3) is 0.562. The molecule has 2 aliphatic rings. The Kier molecular flexibility index (Phi) is 4.68. The molecule has 0 bridgehead atoms. The van der Waals surface area contributed by atoms with E-state index in [2.05, 4.69) is 5.32 Å². The Bertz CT molecular complexity index is 641. The number of nitrogens with one attached hydrogen (secondary N) is 1. The predicted octanol–water partition coefficient (Wildman–Crippen LogP) is 2.11. The number of aromatic hydroxyl groups is 1. The number of amides is 1. The first-order valence-electron chi connectivity index (χ1n) is 8.06. The summed E-state index contributed by atoms with van der Waals surface area (Å²) in [4.78, 5) is 22.1. The van der Waals surface area contributed by atoms with E-state index in [9.17, 15) is 20.0 Å². The first-order valence-corrected chi connectivity index (χ1v) is 8.06. The molecule has 1 heterocycles. The molecule has 2 fully saturated rings. The summed E-state index contributed by atoms with van der Waals surface area (Å²) in [5.74, 6) is -1.44. The number of carbonyl (C=O) groups excluding carboxylic acids is 1. The van der Waals surface area contributed by atoms with E-state index < -0.39 is 28.1 Å². The van der Waals surface area contributed by atoms with E-state index in [1.54, 1.807) is 0 Å². The van der Waals surface area contributed by atoms with E-state index in [0.717, 1.165) is 37.8 Å². The van der Waals surface area contributed by atoms with Crippen molar-refractivity contribution in [1.29, 1.82) is 0 Å². The van der Waals surface area contributed by atoms with Crippen molar-refractivity contribution in [3.63, 3.8) is 0 Å². The molecular formula is C16H20N2O6. The van der Waals surface area contributed by atoms with E-state index in [4.69, 9.17) is 9.47 Å². The van der Waals surface area contributed by atoms with Crippen LogP contribution in [0.2, 0.25) is 0 Å². The molecule has 1 aromatic carbocycles. The zero-order chi connectivity index (χ0) is 17.2. The molecule has 130 valence electrons. The van der Waals surface area contributed by atoms with Gasteiger partial charge in [0, 0.05) is 31.0 Å². The van der Waals surface area contributed by atoms with Gasteiger partial charge in [-0.2, -0.15) is 0 Å². The van der Waals surface area contributed by atoms with Crippen LogP contribution in [0.1, 0.15) is 42.5 Å². The Hall–Kier alpha value is -2.19. The van der Waals surface area contributed by atoms with Crippen LogP contribution in [0.25, 0.3) is 0 Å². The van der Waals surface area contributed by atoms with Crippen LogP contribution in [0, 0.1) is 10.1 Å². The zero-order valence-electron chi connectivity index (χ0n) is 13.2. The van der Waals surface area contributed by atoms with Crippen molar-refractivity contribution in [3.05, 3.63) is 33.9 Å². The average molecular weight is 336 g/mol. The summed E-state index contributed by atoms with van der Waals surface area (Å²) in [7, 11) is 0. The molecule has 1 aromatic rings. The SMILES string of the molecule is O=C(NCC1COC2(CCCCC2)O1)c1ccc([N+](=O)[O-])c(O)c1. The van der Waals surface area contributed by atoms with Crippen molar-refractivity contribution in [2.24, 2.45) is 0 Å². The molecule has 1 unspecified atom stereocenters. The van der Waals surface area contributed by atoms with Gasteiger partial charge in [-0.15, -0.1) is 0 Å². The van der Waals surface area contributed by atoms with Crippen molar-refractivity contribution < 1.29 is 24.3 Å². The predicted molar refractivity (Wildman–Crippen MR) is 83.7 cm³/mol. The third-order valence-electron chi connectivity index (χ3n) is 4.45. The maximum atomic E-state index is 12.1. The Balaban J connectivity index is 1.54. The lowest BCUT2D eigenvalue weighted by Gasteiger charge is -2.31. The van der Waals surface area contributed by atoms with Crippen molar-refractivity contribution in [3.8, 4) is 5.75 Å². The molecule has 1 atom stereocenters. The van der Waals surface area contributed by atoms with Gasteiger partial charge in [-0.25, -0.2) is 0 Å². The molecule has 1 saturated heterocycles. The van der Waals surface area contributed by atoms with Gasteiger partial charge in [0.1, 0.15) is 6.10 Å². The highest BCUT2D eigenvalue weighted by Gasteiger charge is 2.42. The van der Waals surface area contributed by atoms with Crippen molar-refractivity contribution in [1.82, 2.24) is 5.32 Å². The standard InChI is InChI=1S/C16H20N2O6/c19-14-8-11(4-5-13(14)18(21)22)15(20)17-9-12-10-23-16(24-12)6-2-1-3-7-16/h4-5,8,12,19H,1-3,6-7,9-10H2,(H,17,20). The summed E-state index contributed by atoms with van der Waals surface area (Å²) in [5.41, 5.74) is -0.275. The second kappa shape index (κ2) is 6.74. The molecule has 0 aromatic heterocycles. The van der Waals surface area contributed by atoms with Crippen LogP contribution in [0.3, 0.4) is 0 Å². The molecule has 1 amide bonds. The van der Waals surface area contributed by atoms with Crippen LogP contribution in [-0.2, 0) is 9.47 Å². The minimum absolute atomic E-state index is 0.157. The number of hydrogen-bond acceptors (Lipinski definition) is 6. The van der Waals surface area contributed by atoms with E-state index in [-0.39, 0.29) is 11.7 Å². The monoisotopic (exact) mass is 336 g/mol. The first-order chi connectivity index (χ1) is 11.5. The third-order valence-corrected chi connectivity index (χ3v) is 4.45. The Morgan fingerprint density at radius 1 is 1.38 bits per heavy atom. The van der Waals surface area contributed by atoms with Crippen molar-refractivity contribution >= 4 is 11.6 Å². The number of phenols is 1. The maximum absolute atomic E-state index is 12.1. The lowest BCUT2D eigenvalue weighted by Crippen LogP contribution is -2.37. The number of nitro benzene ring substituents is 1. The summed E-state index contributed by atoms with van der Waals surface area (Å²) in [6, 6.07) is 3.50. The van der Waals surface area contributed by atoms with Gasteiger partial charge >= 0.3 is 5.69 Å². The Morgan fingerprint density at radius 3 is 2.79 bits per heavy atom. The summed E-state index contributed by atoms with van der Waals surface area (Å²) >= 11 is 0. The van der Waals surface area contributed by atoms with Crippen LogP contribution in [0.5, 0.6) is 5.75 Å². The Labute approximate surface area is 138 Å². The summed E-state index contributed by atoms with van der Waals surface area (Å²) < 4.78 is 11.8. The van der Waals surface area contributed by atoms with Gasteiger partial charge < -0.3 is 19.9 Å². The third kappa shape index (κ3) is 3.49. The molecule has 1 aliphatic carbocycles. The van der Waals surface area contributed by atoms with Gasteiger partial charge in [-0.05, 0) is 25.0 Å². The number of nitrogens with zero attached hydrogens (tertiary/aromatic N) is 1. The quantitative estimate of drug-likeness (QED) is 0.643. The largest absolute Gasteiger partial charge is 0.502 e. The van der Waals surface area contributed by atoms with Crippen molar-refractivity contribution in [2.75, 3.05) is 13.2 Å². The van der Waals surface area contributed by atoms with Gasteiger partial charge in [-0.1, -0.05) is 6.42 Å². The second-order valence-corrected chi connectivity index (χ2v) is 6.19.